The summed E-state index contributed by atoms with van der Waals surface area (Å²) >= 11 is 1.45. The summed E-state index contributed by atoms with van der Waals surface area (Å²) in [6.07, 6.45) is 0. The minimum Gasteiger partial charge on any atom is -0.335 e. The van der Waals surface area contributed by atoms with Crippen LogP contribution >= 0.6 is 11.3 Å². The topological polar surface area (TPSA) is 82.2 Å². The predicted molar refractivity (Wildman–Crippen MR) is 94.5 cm³/mol. The van der Waals surface area contributed by atoms with Gasteiger partial charge in [0.25, 0.3) is 11.5 Å². The van der Waals surface area contributed by atoms with Gasteiger partial charge in [-0.1, -0.05) is 6.07 Å². The van der Waals surface area contributed by atoms with Crippen molar-refractivity contribution in [3.8, 4) is 6.07 Å². The number of piperazine rings is 1. The van der Waals surface area contributed by atoms with E-state index in [1.807, 2.05) is 28.5 Å². The van der Waals surface area contributed by atoms with Gasteiger partial charge in [-0.05, 0) is 30.9 Å². The molecule has 1 fully saturated rings. The number of nitriles is 1. The molecule has 0 saturated carbocycles. The monoisotopic (exact) mass is 357 g/mol. The number of aryl methyl sites for hydroxylation is 1. The van der Waals surface area contributed by atoms with Gasteiger partial charge in [-0.25, -0.2) is 4.68 Å². The molecule has 1 saturated heterocycles. The van der Waals surface area contributed by atoms with E-state index < -0.39 is 0 Å². The van der Waals surface area contributed by atoms with Gasteiger partial charge in [-0.15, -0.1) is 11.3 Å². The van der Waals surface area contributed by atoms with Crippen LogP contribution in [0.1, 0.15) is 26.5 Å². The van der Waals surface area contributed by atoms with Crippen molar-refractivity contribution in [2.45, 2.75) is 20.5 Å². The molecule has 130 valence electrons. The van der Waals surface area contributed by atoms with E-state index in [-0.39, 0.29) is 17.0 Å². The average Bonchev–Trinajstić information content (AvgIpc) is 3.15. The largest absolute Gasteiger partial charge is 0.335 e. The molecule has 25 heavy (non-hydrogen) atoms. The van der Waals surface area contributed by atoms with Gasteiger partial charge in [-0.2, -0.15) is 10.4 Å². The van der Waals surface area contributed by atoms with Gasteiger partial charge in [0.2, 0.25) is 0 Å². The Kier molecular flexibility index (Phi) is 4.97. The van der Waals surface area contributed by atoms with Gasteiger partial charge in [0, 0.05) is 26.2 Å². The smallest absolute Gasteiger partial charge is 0.286 e. The highest BCUT2D eigenvalue weighted by Crippen LogP contribution is 2.14. The normalized spacial score (nSPS) is 15.2. The molecule has 0 bridgehead atoms. The van der Waals surface area contributed by atoms with Crippen LogP contribution < -0.4 is 5.56 Å². The maximum absolute atomic E-state index is 12.4. The lowest BCUT2D eigenvalue weighted by molar-refractivity contribution is 0.0587. The molecule has 0 aliphatic carbocycles. The highest BCUT2D eigenvalue weighted by Gasteiger charge is 2.23. The molecule has 8 heteroatoms. The van der Waals surface area contributed by atoms with Crippen LogP contribution in [0.15, 0.2) is 22.3 Å². The van der Waals surface area contributed by atoms with Crippen molar-refractivity contribution in [2.75, 3.05) is 26.2 Å². The van der Waals surface area contributed by atoms with Crippen molar-refractivity contribution >= 4 is 17.2 Å². The molecule has 3 heterocycles. The second kappa shape index (κ2) is 7.17. The zero-order chi connectivity index (χ0) is 18.0. The SMILES string of the molecule is Cc1nn(CN2CCN(C(=O)c3cccs3)CC2)c(=O)c(C#N)c1C. The van der Waals surface area contributed by atoms with Crippen LogP contribution in [0.3, 0.4) is 0 Å². The minimum absolute atomic E-state index is 0.0582. The van der Waals surface area contributed by atoms with Crippen molar-refractivity contribution in [1.29, 1.82) is 5.26 Å². The van der Waals surface area contributed by atoms with E-state index in [0.29, 0.717) is 44.1 Å². The Morgan fingerprint density at radius 3 is 2.64 bits per heavy atom. The first-order valence-corrected chi connectivity index (χ1v) is 8.92. The highest BCUT2D eigenvalue weighted by atomic mass is 32.1. The Balaban J connectivity index is 1.67. The summed E-state index contributed by atoms with van der Waals surface area (Å²) in [6, 6.07) is 5.68. The van der Waals surface area contributed by atoms with E-state index in [1.54, 1.807) is 13.8 Å². The molecular weight excluding hydrogens is 338 g/mol. The number of carbonyl (C=O) groups excluding carboxylic acids is 1. The second-order valence-corrected chi connectivity index (χ2v) is 6.98. The lowest BCUT2D eigenvalue weighted by Crippen LogP contribution is -2.50. The standard InChI is InChI=1S/C17H19N5O2S/c1-12-13(2)19-22(16(23)14(12)10-18)11-20-5-7-21(8-6-20)17(24)15-4-3-9-25-15/h3-4,9H,5-8,11H2,1-2H3. The van der Waals surface area contributed by atoms with Crippen LogP contribution in [0.2, 0.25) is 0 Å². The third-order valence-corrected chi connectivity index (χ3v) is 5.33. The van der Waals surface area contributed by atoms with Crippen LogP contribution in [-0.2, 0) is 6.67 Å². The molecule has 1 aliphatic rings. The zero-order valence-corrected chi connectivity index (χ0v) is 15.0. The fourth-order valence-corrected chi connectivity index (χ4v) is 3.53. The first-order chi connectivity index (χ1) is 12.0. The Labute approximate surface area is 149 Å². The third kappa shape index (κ3) is 3.48. The molecule has 7 nitrogen and oxygen atoms in total. The van der Waals surface area contributed by atoms with Crippen LogP contribution in [0.5, 0.6) is 0 Å². The van der Waals surface area contributed by atoms with Crippen LogP contribution in [0, 0.1) is 25.2 Å². The maximum Gasteiger partial charge on any atom is 0.286 e. The maximum atomic E-state index is 12.4. The number of thiophene rings is 1. The summed E-state index contributed by atoms with van der Waals surface area (Å²) in [5, 5.41) is 15.4. The number of hydrogen-bond donors (Lipinski definition) is 0. The Morgan fingerprint density at radius 2 is 2.04 bits per heavy atom. The van der Waals surface area contributed by atoms with Crippen LogP contribution in [0.25, 0.3) is 0 Å². The second-order valence-electron chi connectivity index (χ2n) is 6.03. The van der Waals surface area contributed by atoms with E-state index in [9.17, 15) is 14.9 Å². The molecular formula is C17H19N5O2S. The number of amides is 1. The highest BCUT2D eigenvalue weighted by molar-refractivity contribution is 7.12. The van der Waals surface area contributed by atoms with Gasteiger partial charge < -0.3 is 4.90 Å². The van der Waals surface area contributed by atoms with Crippen molar-refractivity contribution < 1.29 is 4.79 Å². The Hall–Kier alpha value is -2.50. The van der Waals surface area contributed by atoms with E-state index in [0.717, 1.165) is 4.88 Å². The van der Waals surface area contributed by atoms with Crippen LogP contribution in [0.4, 0.5) is 0 Å². The molecule has 0 aromatic carbocycles. The molecule has 1 amide bonds. The van der Waals surface area contributed by atoms with Gasteiger partial charge in [0.1, 0.15) is 11.6 Å². The molecule has 0 unspecified atom stereocenters. The molecule has 2 aromatic heterocycles. The van der Waals surface area contributed by atoms with Crippen molar-refractivity contribution in [1.82, 2.24) is 19.6 Å². The number of rotatable bonds is 3. The molecule has 3 rings (SSSR count). The average molecular weight is 357 g/mol. The molecule has 0 atom stereocenters. The van der Waals surface area contributed by atoms with Crippen LogP contribution in [-0.4, -0.2) is 51.7 Å². The van der Waals surface area contributed by atoms with Gasteiger partial charge in [-0.3, -0.25) is 14.5 Å². The summed E-state index contributed by atoms with van der Waals surface area (Å²) in [4.78, 5) is 29.4. The van der Waals surface area contributed by atoms with E-state index in [4.69, 9.17) is 0 Å². The third-order valence-electron chi connectivity index (χ3n) is 4.47. The number of hydrogen-bond acceptors (Lipinski definition) is 6. The van der Waals surface area contributed by atoms with E-state index >= 15 is 0 Å². The quantitative estimate of drug-likeness (QED) is 0.825. The Bertz CT molecular complexity index is 874. The lowest BCUT2D eigenvalue weighted by Gasteiger charge is -2.34. The molecule has 0 radical (unpaired) electrons. The summed E-state index contributed by atoms with van der Waals surface area (Å²) in [7, 11) is 0. The first-order valence-electron chi connectivity index (χ1n) is 8.05. The fraction of sp³-hybridized carbons (Fsp3) is 0.412. The van der Waals surface area contributed by atoms with Gasteiger partial charge >= 0.3 is 0 Å². The lowest BCUT2D eigenvalue weighted by atomic mass is 10.1. The van der Waals surface area contributed by atoms with Gasteiger partial charge in [0.15, 0.2) is 0 Å². The van der Waals surface area contributed by atoms with Crippen molar-refractivity contribution in [3.63, 3.8) is 0 Å². The molecule has 1 aliphatic heterocycles. The fourth-order valence-electron chi connectivity index (χ4n) is 2.84. The predicted octanol–water partition coefficient (Wildman–Crippen LogP) is 1.21. The number of nitrogens with zero attached hydrogens (tertiary/aromatic N) is 5. The number of aromatic nitrogens is 2. The molecule has 0 spiro atoms. The number of carbonyl (C=O) groups is 1. The zero-order valence-electron chi connectivity index (χ0n) is 14.2. The molecule has 0 N–H and O–H groups in total. The van der Waals surface area contributed by atoms with E-state index in [2.05, 4.69) is 10.00 Å². The van der Waals surface area contributed by atoms with E-state index in [1.165, 1.54) is 16.0 Å². The first kappa shape index (κ1) is 17.3. The summed E-state index contributed by atoms with van der Waals surface area (Å²) in [5.41, 5.74) is 1.11. The minimum atomic E-state index is -0.359. The van der Waals surface area contributed by atoms with Gasteiger partial charge in [0.05, 0.1) is 17.2 Å². The summed E-state index contributed by atoms with van der Waals surface area (Å²) in [5.74, 6) is 0.0582. The Morgan fingerprint density at radius 1 is 1.32 bits per heavy atom. The summed E-state index contributed by atoms with van der Waals surface area (Å²) < 4.78 is 1.34. The van der Waals surface area contributed by atoms with Crippen molar-refractivity contribution in [3.05, 3.63) is 49.6 Å². The van der Waals surface area contributed by atoms with Crippen molar-refractivity contribution in [2.24, 2.45) is 0 Å². The summed E-state index contributed by atoms with van der Waals surface area (Å²) in [6.45, 7) is 6.42. The molecule has 2 aromatic rings.